The minimum atomic E-state index is -4.46. The van der Waals surface area contributed by atoms with Gasteiger partial charge in [0.15, 0.2) is 5.11 Å². The van der Waals surface area contributed by atoms with Gasteiger partial charge in [0.1, 0.15) is 5.75 Å². The number of ether oxygens (including phenoxy) is 1. The monoisotopic (exact) mass is 579 g/mol. The fourth-order valence-corrected chi connectivity index (χ4v) is 5.73. The highest BCUT2D eigenvalue weighted by Gasteiger charge is 2.42. The number of anilines is 2. The Morgan fingerprint density at radius 3 is 2.49 bits per heavy atom. The lowest BCUT2D eigenvalue weighted by atomic mass is 9.96. The van der Waals surface area contributed by atoms with Gasteiger partial charge < -0.3 is 24.8 Å². The van der Waals surface area contributed by atoms with Gasteiger partial charge in [-0.3, -0.25) is 9.78 Å². The van der Waals surface area contributed by atoms with E-state index in [2.05, 4.69) is 15.6 Å². The number of methoxy groups -OCH3 is 1. The molecular formula is C30H28F3N5O2S. The molecule has 1 aliphatic rings. The topological polar surface area (TPSA) is 71.4 Å². The summed E-state index contributed by atoms with van der Waals surface area (Å²) < 4.78 is 47.9. The SMILES string of the molecule is COc1ccc(N2C(=S)N[C@@H](c3ccccn3)[C@@H]2c2cc(C)n(-c3cccc(C(F)(F)F)c3)c2C)cc1NC(C)=O. The molecule has 0 unspecified atom stereocenters. The van der Waals surface area contributed by atoms with Crippen LogP contribution in [0.4, 0.5) is 24.5 Å². The predicted octanol–water partition coefficient (Wildman–Crippen LogP) is 6.65. The molecule has 212 valence electrons. The number of halogens is 3. The van der Waals surface area contributed by atoms with E-state index in [1.54, 1.807) is 24.4 Å². The van der Waals surface area contributed by atoms with E-state index >= 15 is 0 Å². The van der Waals surface area contributed by atoms with E-state index in [1.165, 1.54) is 20.1 Å². The summed E-state index contributed by atoms with van der Waals surface area (Å²) in [7, 11) is 1.52. The fraction of sp³-hybridized carbons (Fsp3) is 0.233. The smallest absolute Gasteiger partial charge is 0.416 e. The van der Waals surface area contributed by atoms with Crippen molar-refractivity contribution >= 4 is 34.6 Å². The molecule has 5 rings (SSSR count). The van der Waals surface area contributed by atoms with Crippen molar-refractivity contribution in [2.75, 3.05) is 17.3 Å². The lowest BCUT2D eigenvalue weighted by Gasteiger charge is -2.29. The van der Waals surface area contributed by atoms with Gasteiger partial charge >= 0.3 is 6.18 Å². The largest absolute Gasteiger partial charge is 0.495 e. The molecule has 41 heavy (non-hydrogen) atoms. The van der Waals surface area contributed by atoms with Crippen molar-refractivity contribution in [1.29, 1.82) is 0 Å². The third-order valence-corrected chi connectivity index (χ3v) is 7.41. The van der Waals surface area contributed by atoms with Gasteiger partial charge in [0.25, 0.3) is 0 Å². The third kappa shape index (κ3) is 5.37. The number of pyridine rings is 1. The maximum absolute atomic E-state index is 13.5. The summed E-state index contributed by atoms with van der Waals surface area (Å²) in [5, 5.41) is 6.64. The molecule has 1 fully saturated rings. The number of carbonyl (C=O) groups excluding carboxylic acids is 1. The molecule has 3 heterocycles. The highest BCUT2D eigenvalue weighted by molar-refractivity contribution is 7.80. The predicted molar refractivity (Wildman–Crippen MR) is 155 cm³/mol. The standard InChI is InChI=1S/C30H28F3N5O2S/c1-17-14-23(18(2)37(17)21-9-7-8-20(15-21)30(31,32)33)28-27(24-10-5-6-13-34-24)36-29(41)38(28)22-11-12-26(40-4)25(16-22)35-19(3)39/h5-16,27-28H,1-4H3,(H,35,39)(H,36,41)/t27-,28-/m0/s1. The summed E-state index contributed by atoms with van der Waals surface area (Å²) in [6.07, 6.45) is -2.76. The second-order valence-corrected chi connectivity index (χ2v) is 10.2. The van der Waals surface area contributed by atoms with Gasteiger partial charge in [-0.2, -0.15) is 13.2 Å². The van der Waals surface area contributed by atoms with Crippen LogP contribution in [0.5, 0.6) is 5.75 Å². The number of carbonyl (C=O) groups is 1. The van der Waals surface area contributed by atoms with Gasteiger partial charge in [-0.25, -0.2) is 0 Å². The molecule has 1 aliphatic heterocycles. The molecule has 4 aromatic rings. The van der Waals surface area contributed by atoms with Crippen molar-refractivity contribution in [2.45, 2.75) is 39.0 Å². The zero-order valence-electron chi connectivity index (χ0n) is 22.8. The van der Waals surface area contributed by atoms with Gasteiger partial charge in [0.05, 0.1) is 36.1 Å². The van der Waals surface area contributed by atoms with Crippen LogP contribution in [-0.4, -0.2) is 27.7 Å². The Hall–Kier alpha value is -4.38. The van der Waals surface area contributed by atoms with Crippen LogP contribution in [0.3, 0.4) is 0 Å². The molecule has 0 aliphatic carbocycles. The molecule has 7 nitrogen and oxygen atoms in total. The molecule has 11 heteroatoms. The summed E-state index contributed by atoms with van der Waals surface area (Å²) in [4.78, 5) is 18.4. The van der Waals surface area contributed by atoms with Crippen molar-refractivity contribution < 1.29 is 22.7 Å². The molecule has 1 amide bonds. The number of aryl methyl sites for hydroxylation is 1. The number of hydrogen-bond acceptors (Lipinski definition) is 4. The first-order valence-electron chi connectivity index (χ1n) is 12.8. The number of nitrogens with zero attached hydrogens (tertiary/aromatic N) is 3. The lowest BCUT2D eigenvalue weighted by Crippen LogP contribution is -2.29. The van der Waals surface area contributed by atoms with E-state index < -0.39 is 17.8 Å². The van der Waals surface area contributed by atoms with Crippen LogP contribution >= 0.6 is 12.2 Å². The summed E-state index contributed by atoms with van der Waals surface area (Å²) >= 11 is 5.84. The highest BCUT2D eigenvalue weighted by Crippen LogP contribution is 2.45. The van der Waals surface area contributed by atoms with Gasteiger partial charge in [-0.1, -0.05) is 12.1 Å². The summed E-state index contributed by atoms with van der Waals surface area (Å²) in [6.45, 7) is 5.16. The average Bonchev–Trinajstić information content (AvgIpc) is 3.43. The van der Waals surface area contributed by atoms with Gasteiger partial charge in [-0.15, -0.1) is 0 Å². The molecular weight excluding hydrogens is 551 g/mol. The zero-order valence-corrected chi connectivity index (χ0v) is 23.6. The number of alkyl halides is 3. The van der Waals surface area contributed by atoms with Crippen LogP contribution < -0.4 is 20.3 Å². The van der Waals surface area contributed by atoms with Crippen molar-refractivity contribution in [3.8, 4) is 11.4 Å². The van der Waals surface area contributed by atoms with E-state index in [9.17, 15) is 18.0 Å². The van der Waals surface area contributed by atoms with Crippen molar-refractivity contribution in [1.82, 2.24) is 14.9 Å². The number of aromatic nitrogens is 2. The minimum absolute atomic E-state index is 0.255. The van der Waals surface area contributed by atoms with Crippen LogP contribution in [-0.2, 0) is 11.0 Å². The minimum Gasteiger partial charge on any atom is -0.495 e. The Kier molecular flexibility index (Phi) is 7.48. The molecule has 2 N–H and O–H groups in total. The first-order chi connectivity index (χ1) is 19.5. The Morgan fingerprint density at radius 1 is 1.05 bits per heavy atom. The Labute approximate surface area is 241 Å². The quantitative estimate of drug-likeness (QED) is 0.249. The molecule has 0 spiro atoms. The maximum atomic E-state index is 13.5. The normalized spacial score (nSPS) is 17.0. The summed E-state index contributed by atoms with van der Waals surface area (Å²) in [5.41, 5.74) is 4.01. The van der Waals surface area contributed by atoms with Crippen LogP contribution in [0, 0.1) is 13.8 Å². The molecule has 0 bridgehead atoms. The van der Waals surface area contributed by atoms with Crippen LogP contribution in [0.2, 0.25) is 0 Å². The molecule has 2 atom stereocenters. The van der Waals surface area contributed by atoms with Gasteiger partial charge in [0, 0.05) is 35.9 Å². The fourth-order valence-electron chi connectivity index (χ4n) is 5.39. The van der Waals surface area contributed by atoms with Crippen LogP contribution in [0.15, 0.2) is 72.9 Å². The van der Waals surface area contributed by atoms with E-state index in [4.69, 9.17) is 17.0 Å². The molecule has 2 aromatic carbocycles. The number of thiocarbonyl (C=S) groups is 1. The van der Waals surface area contributed by atoms with Crippen LogP contribution in [0.1, 0.15) is 47.2 Å². The Balaban J connectivity index is 1.68. The van der Waals surface area contributed by atoms with E-state index in [0.717, 1.165) is 34.8 Å². The van der Waals surface area contributed by atoms with E-state index in [0.29, 0.717) is 27.9 Å². The van der Waals surface area contributed by atoms with Crippen LogP contribution in [0.25, 0.3) is 5.69 Å². The van der Waals surface area contributed by atoms with Crippen molar-refractivity contribution in [3.63, 3.8) is 0 Å². The van der Waals surface area contributed by atoms with Crippen molar-refractivity contribution in [2.24, 2.45) is 0 Å². The summed E-state index contributed by atoms with van der Waals surface area (Å²) in [6, 6.07) is 17.5. The lowest BCUT2D eigenvalue weighted by molar-refractivity contribution is -0.137. The number of rotatable bonds is 6. The van der Waals surface area contributed by atoms with E-state index in [1.807, 2.05) is 53.6 Å². The maximum Gasteiger partial charge on any atom is 0.416 e. The second-order valence-electron chi connectivity index (χ2n) is 9.77. The average molecular weight is 580 g/mol. The van der Waals surface area contributed by atoms with Crippen molar-refractivity contribution in [3.05, 3.63) is 101 Å². The van der Waals surface area contributed by atoms with Gasteiger partial charge in [0.2, 0.25) is 5.91 Å². The third-order valence-electron chi connectivity index (χ3n) is 7.09. The first kappa shape index (κ1) is 28.2. The van der Waals surface area contributed by atoms with E-state index in [-0.39, 0.29) is 11.9 Å². The molecule has 0 saturated carbocycles. The summed E-state index contributed by atoms with van der Waals surface area (Å²) in [5.74, 6) is 0.234. The Morgan fingerprint density at radius 2 is 1.83 bits per heavy atom. The molecule has 2 aromatic heterocycles. The number of nitrogens with one attached hydrogen (secondary N) is 2. The zero-order chi connectivity index (χ0) is 29.5. The Bertz CT molecular complexity index is 1620. The first-order valence-corrected chi connectivity index (χ1v) is 13.2. The number of benzene rings is 2. The number of amides is 1. The van der Waals surface area contributed by atoms with Gasteiger partial charge in [-0.05, 0) is 86.2 Å². The molecule has 1 saturated heterocycles. The highest BCUT2D eigenvalue weighted by atomic mass is 32.1. The molecule has 0 radical (unpaired) electrons. The number of hydrogen-bond donors (Lipinski definition) is 2. The second kappa shape index (κ2) is 10.9.